The van der Waals surface area contributed by atoms with Crippen molar-refractivity contribution in [2.24, 2.45) is 0 Å². The van der Waals surface area contributed by atoms with Gasteiger partial charge in [-0.05, 0) is 29.8 Å². The molecule has 0 N–H and O–H groups in total. The molecular weight excluding hydrogens is 301 g/mol. The molecule has 2 aromatic carbocycles. The zero-order valence-corrected chi connectivity index (χ0v) is 11.5. The molecule has 0 unspecified atom stereocenters. The minimum Gasteiger partial charge on any atom is -0.217 e. The highest BCUT2D eigenvalue weighted by Gasteiger charge is 2.43. The average Bonchev–Trinajstić information content (AvgIpc) is 2.46. The summed E-state index contributed by atoms with van der Waals surface area (Å²) in [7, 11) is -4.83. The number of hydrogen-bond acceptors (Lipinski definition) is 2. The Labute approximate surface area is 120 Å². The summed E-state index contributed by atoms with van der Waals surface area (Å²) in [5, 5.41) is -4.08. The van der Waals surface area contributed by atoms with Crippen LogP contribution in [0.1, 0.15) is 5.56 Å². The fourth-order valence-corrected chi connectivity index (χ4v) is 2.73. The SMILES string of the molecule is O=S(=O)(c1ccccc1)C(F)(F)/C=C/c1cccc(F)c1. The van der Waals surface area contributed by atoms with Crippen molar-refractivity contribution < 1.29 is 21.6 Å². The van der Waals surface area contributed by atoms with Crippen LogP contribution in [0.3, 0.4) is 0 Å². The van der Waals surface area contributed by atoms with E-state index in [-0.39, 0.29) is 11.6 Å². The molecular formula is C15H11F3O2S. The van der Waals surface area contributed by atoms with Gasteiger partial charge in [0.15, 0.2) is 0 Å². The third kappa shape index (κ3) is 3.33. The Balaban J connectivity index is 2.34. The second-order valence-electron chi connectivity index (χ2n) is 4.27. The van der Waals surface area contributed by atoms with Crippen molar-refractivity contribution in [3.05, 3.63) is 72.1 Å². The van der Waals surface area contributed by atoms with E-state index in [0.29, 0.717) is 0 Å². The summed E-state index contributed by atoms with van der Waals surface area (Å²) in [5.74, 6) is -0.591. The van der Waals surface area contributed by atoms with Crippen molar-refractivity contribution in [1.29, 1.82) is 0 Å². The predicted octanol–water partition coefficient (Wildman–Crippen LogP) is 3.91. The van der Waals surface area contributed by atoms with Crippen LogP contribution in [0.2, 0.25) is 0 Å². The highest BCUT2D eigenvalue weighted by atomic mass is 32.2. The van der Waals surface area contributed by atoms with Crippen molar-refractivity contribution in [1.82, 2.24) is 0 Å². The van der Waals surface area contributed by atoms with E-state index in [2.05, 4.69) is 0 Å². The topological polar surface area (TPSA) is 34.1 Å². The molecule has 0 aliphatic carbocycles. The van der Waals surface area contributed by atoms with Gasteiger partial charge in [0.1, 0.15) is 5.82 Å². The van der Waals surface area contributed by atoms with Crippen molar-refractivity contribution in [3.63, 3.8) is 0 Å². The number of benzene rings is 2. The first kappa shape index (κ1) is 15.3. The quantitative estimate of drug-likeness (QED) is 0.858. The molecule has 0 saturated heterocycles. The van der Waals surface area contributed by atoms with E-state index in [1.807, 2.05) is 0 Å². The molecule has 0 aromatic heterocycles. The third-order valence-corrected chi connectivity index (χ3v) is 4.48. The maximum atomic E-state index is 13.9. The minimum atomic E-state index is -4.83. The molecule has 2 nitrogen and oxygen atoms in total. The Bertz CT molecular complexity index is 753. The van der Waals surface area contributed by atoms with Gasteiger partial charge in [0.25, 0.3) is 0 Å². The van der Waals surface area contributed by atoms with Gasteiger partial charge in [0.2, 0.25) is 9.84 Å². The third-order valence-electron chi connectivity index (χ3n) is 2.73. The van der Waals surface area contributed by atoms with Crippen LogP contribution in [-0.2, 0) is 9.84 Å². The Morgan fingerprint density at radius 1 is 0.952 bits per heavy atom. The second-order valence-corrected chi connectivity index (χ2v) is 6.29. The van der Waals surface area contributed by atoms with Crippen LogP contribution in [-0.4, -0.2) is 13.7 Å². The first-order chi connectivity index (χ1) is 9.83. The molecule has 0 aliphatic rings. The van der Waals surface area contributed by atoms with Crippen LogP contribution >= 0.6 is 0 Å². The van der Waals surface area contributed by atoms with Gasteiger partial charge in [0, 0.05) is 6.08 Å². The monoisotopic (exact) mass is 312 g/mol. The normalized spacial score (nSPS) is 12.7. The summed E-state index contributed by atoms with van der Waals surface area (Å²) < 4.78 is 64.5. The van der Waals surface area contributed by atoms with Crippen LogP contribution in [0.15, 0.2) is 65.6 Å². The number of hydrogen-bond donors (Lipinski definition) is 0. The zero-order valence-electron chi connectivity index (χ0n) is 10.7. The average molecular weight is 312 g/mol. The lowest BCUT2D eigenvalue weighted by molar-refractivity contribution is 0.148. The highest BCUT2D eigenvalue weighted by molar-refractivity contribution is 7.92. The summed E-state index contributed by atoms with van der Waals surface area (Å²) in [6.07, 6.45) is 1.13. The summed E-state index contributed by atoms with van der Waals surface area (Å²) in [6.45, 7) is 0. The summed E-state index contributed by atoms with van der Waals surface area (Å²) >= 11 is 0. The van der Waals surface area contributed by atoms with Crippen LogP contribution in [0, 0.1) is 5.82 Å². The smallest absolute Gasteiger partial charge is 0.217 e. The van der Waals surface area contributed by atoms with Gasteiger partial charge in [-0.15, -0.1) is 0 Å². The van der Waals surface area contributed by atoms with E-state index in [0.717, 1.165) is 30.3 Å². The van der Waals surface area contributed by atoms with Crippen LogP contribution in [0.5, 0.6) is 0 Å². The molecule has 110 valence electrons. The van der Waals surface area contributed by atoms with Crippen LogP contribution < -0.4 is 0 Å². The Kier molecular flexibility index (Phi) is 4.18. The van der Waals surface area contributed by atoms with E-state index >= 15 is 0 Å². The Hall–Kier alpha value is -2.08. The minimum absolute atomic E-state index is 0.151. The molecule has 0 heterocycles. The van der Waals surface area contributed by atoms with Gasteiger partial charge in [-0.2, -0.15) is 8.78 Å². The Morgan fingerprint density at radius 3 is 2.24 bits per heavy atom. The van der Waals surface area contributed by atoms with E-state index in [1.54, 1.807) is 0 Å². The maximum Gasteiger partial charge on any atom is 0.368 e. The molecule has 0 amide bonds. The van der Waals surface area contributed by atoms with E-state index in [4.69, 9.17) is 0 Å². The molecule has 0 aliphatic heterocycles. The van der Waals surface area contributed by atoms with Crippen LogP contribution in [0.25, 0.3) is 6.08 Å². The lowest BCUT2D eigenvalue weighted by atomic mass is 10.2. The molecule has 0 fully saturated rings. The van der Waals surface area contributed by atoms with Crippen molar-refractivity contribution in [2.75, 3.05) is 0 Å². The van der Waals surface area contributed by atoms with Crippen molar-refractivity contribution >= 4 is 15.9 Å². The molecule has 0 atom stereocenters. The molecule has 0 bridgehead atoms. The van der Waals surface area contributed by atoms with E-state index in [1.165, 1.54) is 30.3 Å². The number of sulfone groups is 1. The molecule has 2 rings (SSSR count). The summed E-state index contributed by atoms with van der Waals surface area (Å²) in [4.78, 5) is -0.473. The van der Waals surface area contributed by atoms with Gasteiger partial charge in [-0.1, -0.05) is 36.4 Å². The first-order valence-electron chi connectivity index (χ1n) is 5.95. The van der Waals surface area contributed by atoms with Crippen LogP contribution in [0.4, 0.5) is 13.2 Å². The molecule has 0 saturated carbocycles. The fraction of sp³-hybridized carbons (Fsp3) is 0.0667. The van der Waals surface area contributed by atoms with Gasteiger partial charge in [0.05, 0.1) is 4.90 Å². The Morgan fingerprint density at radius 2 is 1.62 bits per heavy atom. The predicted molar refractivity (Wildman–Crippen MR) is 74.0 cm³/mol. The first-order valence-corrected chi connectivity index (χ1v) is 7.43. The number of rotatable bonds is 4. The molecule has 6 heteroatoms. The van der Waals surface area contributed by atoms with E-state index in [9.17, 15) is 21.6 Å². The largest absolute Gasteiger partial charge is 0.368 e. The number of halogens is 3. The number of alkyl halides is 2. The van der Waals surface area contributed by atoms with Gasteiger partial charge in [-0.25, -0.2) is 12.8 Å². The molecule has 0 radical (unpaired) electrons. The molecule has 0 spiro atoms. The molecule has 2 aromatic rings. The lowest BCUT2D eigenvalue weighted by Gasteiger charge is -2.13. The maximum absolute atomic E-state index is 13.9. The second kappa shape index (κ2) is 5.73. The zero-order chi connectivity index (χ0) is 15.5. The highest BCUT2D eigenvalue weighted by Crippen LogP contribution is 2.30. The van der Waals surface area contributed by atoms with Gasteiger partial charge in [-0.3, -0.25) is 0 Å². The van der Waals surface area contributed by atoms with Gasteiger partial charge >= 0.3 is 5.25 Å². The van der Waals surface area contributed by atoms with Crippen molar-refractivity contribution in [2.45, 2.75) is 10.2 Å². The summed E-state index contributed by atoms with van der Waals surface area (Å²) in [6, 6.07) is 11.4. The lowest BCUT2D eigenvalue weighted by Crippen LogP contribution is -2.26. The fourth-order valence-electron chi connectivity index (χ4n) is 1.65. The molecule has 21 heavy (non-hydrogen) atoms. The van der Waals surface area contributed by atoms with Crippen molar-refractivity contribution in [3.8, 4) is 0 Å². The van der Waals surface area contributed by atoms with Gasteiger partial charge < -0.3 is 0 Å². The van der Waals surface area contributed by atoms with E-state index < -0.39 is 25.8 Å². The summed E-state index contributed by atoms with van der Waals surface area (Å²) in [5.41, 5.74) is 0.151. The standard InChI is InChI=1S/C15H11F3O2S/c16-13-6-4-5-12(11-13)9-10-15(17,18)21(19,20)14-7-2-1-3-8-14/h1-11H/b10-9+.